The number of benzene rings is 1. The molecule has 0 radical (unpaired) electrons. The van der Waals surface area contributed by atoms with Crippen LogP contribution in [0.2, 0.25) is 0 Å². The summed E-state index contributed by atoms with van der Waals surface area (Å²) in [6.45, 7) is 7.17. The number of aryl methyl sites for hydroxylation is 2. The highest BCUT2D eigenvalue weighted by Crippen LogP contribution is 2.25. The van der Waals surface area contributed by atoms with E-state index in [2.05, 4.69) is 0 Å². The van der Waals surface area contributed by atoms with Crippen molar-refractivity contribution in [3.63, 3.8) is 0 Å². The van der Waals surface area contributed by atoms with Crippen molar-refractivity contribution in [2.75, 3.05) is 27.2 Å². The first-order valence-corrected chi connectivity index (χ1v) is 6.51. The molecule has 0 fully saturated rings. The molecule has 1 aromatic carbocycles. The van der Waals surface area contributed by atoms with E-state index in [4.69, 9.17) is 10.5 Å². The number of hydrogen-bond acceptors (Lipinski definition) is 3. The van der Waals surface area contributed by atoms with E-state index in [1.165, 1.54) is 0 Å². The van der Waals surface area contributed by atoms with Gasteiger partial charge in [0.05, 0.1) is 12.7 Å². The van der Waals surface area contributed by atoms with E-state index in [0.717, 1.165) is 11.1 Å². The molecular formula is C15H24N2O2. The van der Waals surface area contributed by atoms with Gasteiger partial charge in [0.2, 0.25) is 0 Å². The van der Waals surface area contributed by atoms with Gasteiger partial charge in [-0.3, -0.25) is 4.79 Å². The predicted molar refractivity (Wildman–Crippen MR) is 77.6 cm³/mol. The number of rotatable bonds is 5. The summed E-state index contributed by atoms with van der Waals surface area (Å²) < 4.78 is 5.34. The Morgan fingerprint density at radius 2 is 2.05 bits per heavy atom. The number of amides is 1. The maximum atomic E-state index is 12.5. The molecule has 0 heterocycles. The molecule has 1 aromatic rings. The monoisotopic (exact) mass is 264 g/mol. The molecule has 1 unspecified atom stereocenters. The van der Waals surface area contributed by atoms with Crippen molar-refractivity contribution in [1.82, 2.24) is 4.90 Å². The summed E-state index contributed by atoms with van der Waals surface area (Å²) in [5.74, 6) is 0.898. The summed E-state index contributed by atoms with van der Waals surface area (Å²) in [7, 11) is 3.39. The first-order chi connectivity index (χ1) is 8.90. The number of nitrogens with two attached hydrogens (primary N) is 1. The molecule has 0 saturated carbocycles. The molecule has 0 saturated heterocycles. The van der Waals surface area contributed by atoms with E-state index in [9.17, 15) is 4.79 Å². The third-order valence-electron chi connectivity index (χ3n) is 3.21. The van der Waals surface area contributed by atoms with Crippen LogP contribution in [0.1, 0.15) is 28.4 Å². The third-order valence-corrected chi connectivity index (χ3v) is 3.21. The van der Waals surface area contributed by atoms with E-state index in [1.807, 2.05) is 32.9 Å². The Morgan fingerprint density at radius 3 is 2.58 bits per heavy atom. The van der Waals surface area contributed by atoms with Gasteiger partial charge in [-0.2, -0.15) is 0 Å². The molecule has 4 nitrogen and oxygen atoms in total. The van der Waals surface area contributed by atoms with Crippen LogP contribution in [0.15, 0.2) is 12.1 Å². The Bertz CT molecular complexity index is 458. The molecule has 106 valence electrons. The Balaban J connectivity index is 3.05. The van der Waals surface area contributed by atoms with Gasteiger partial charge in [0.1, 0.15) is 5.75 Å². The molecule has 1 rings (SSSR count). The molecule has 0 spiro atoms. The summed E-state index contributed by atoms with van der Waals surface area (Å²) in [4.78, 5) is 14.2. The molecular weight excluding hydrogens is 240 g/mol. The minimum absolute atomic E-state index is 0.0188. The topological polar surface area (TPSA) is 55.6 Å². The minimum atomic E-state index is -0.0188. The Morgan fingerprint density at radius 1 is 1.42 bits per heavy atom. The lowest BCUT2D eigenvalue weighted by molar-refractivity contribution is 0.0773. The second kappa shape index (κ2) is 6.57. The van der Waals surface area contributed by atoms with Crippen LogP contribution in [0.25, 0.3) is 0 Å². The van der Waals surface area contributed by atoms with Crippen molar-refractivity contribution in [2.45, 2.75) is 20.8 Å². The maximum absolute atomic E-state index is 12.5. The lowest BCUT2D eigenvalue weighted by Gasteiger charge is -2.23. The van der Waals surface area contributed by atoms with E-state index in [0.29, 0.717) is 24.4 Å². The van der Waals surface area contributed by atoms with Crippen molar-refractivity contribution < 1.29 is 9.53 Å². The molecule has 0 aromatic heterocycles. The Hall–Kier alpha value is -1.55. The fourth-order valence-electron chi connectivity index (χ4n) is 2.18. The van der Waals surface area contributed by atoms with Crippen LogP contribution in [-0.4, -0.2) is 38.1 Å². The molecule has 19 heavy (non-hydrogen) atoms. The van der Waals surface area contributed by atoms with Crippen LogP contribution in [0, 0.1) is 19.8 Å². The van der Waals surface area contributed by atoms with Crippen molar-refractivity contribution in [3.05, 3.63) is 28.8 Å². The second-order valence-corrected chi connectivity index (χ2v) is 5.19. The molecule has 4 heteroatoms. The molecule has 1 amide bonds. The van der Waals surface area contributed by atoms with Gasteiger partial charge in [-0.05, 0) is 43.5 Å². The average molecular weight is 264 g/mol. The van der Waals surface area contributed by atoms with Crippen LogP contribution in [0.3, 0.4) is 0 Å². The standard InChI is InChI=1S/C15H24N2O2/c1-10-6-12(3)14(13(7-10)19-5)15(18)17(4)9-11(2)8-16/h6-7,11H,8-9,16H2,1-5H3. The van der Waals surface area contributed by atoms with Gasteiger partial charge in [-0.15, -0.1) is 0 Å². The van der Waals surface area contributed by atoms with Crippen LogP contribution < -0.4 is 10.5 Å². The van der Waals surface area contributed by atoms with Crippen LogP contribution in [-0.2, 0) is 0 Å². The van der Waals surface area contributed by atoms with Crippen LogP contribution in [0.5, 0.6) is 5.75 Å². The van der Waals surface area contributed by atoms with E-state index < -0.39 is 0 Å². The summed E-state index contributed by atoms with van der Waals surface area (Å²) in [5, 5.41) is 0. The average Bonchev–Trinajstić information content (AvgIpc) is 2.36. The lowest BCUT2D eigenvalue weighted by atomic mass is 10.0. The zero-order valence-corrected chi connectivity index (χ0v) is 12.5. The molecule has 2 N–H and O–H groups in total. The van der Waals surface area contributed by atoms with Crippen LogP contribution >= 0.6 is 0 Å². The fraction of sp³-hybridized carbons (Fsp3) is 0.533. The number of hydrogen-bond donors (Lipinski definition) is 1. The van der Waals surface area contributed by atoms with Crippen molar-refractivity contribution in [2.24, 2.45) is 11.7 Å². The predicted octanol–water partition coefficient (Wildman–Crippen LogP) is 1.98. The fourth-order valence-corrected chi connectivity index (χ4v) is 2.18. The first-order valence-electron chi connectivity index (χ1n) is 6.51. The van der Waals surface area contributed by atoms with Gasteiger partial charge in [-0.1, -0.05) is 13.0 Å². The Labute approximate surface area is 115 Å². The summed E-state index contributed by atoms with van der Waals surface area (Å²) >= 11 is 0. The number of carbonyl (C=O) groups excluding carboxylic acids is 1. The SMILES string of the molecule is COc1cc(C)cc(C)c1C(=O)N(C)CC(C)CN. The quantitative estimate of drug-likeness (QED) is 0.884. The summed E-state index contributed by atoms with van der Waals surface area (Å²) in [6, 6.07) is 3.89. The van der Waals surface area contributed by atoms with E-state index >= 15 is 0 Å². The second-order valence-electron chi connectivity index (χ2n) is 5.19. The zero-order chi connectivity index (χ0) is 14.6. The molecule has 0 aliphatic rings. The summed E-state index contributed by atoms with van der Waals surface area (Å²) in [6.07, 6.45) is 0. The number of carbonyl (C=O) groups is 1. The largest absolute Gasteiger partial charge is 0.496 e. The number of nitrogens with zero attached hydrogens (tertiary/aromatic N) is 1. The first kappa shape index (κ1) is 15.5. The van der Waals surface area contributed by atoms with Crippen molar-refractivity contribution >= 4 is 5.91 Å². The van der Waals surface area contributed by atoms with Gasteiger partial charge < -0.3 is 15.4 Å². The van der Waals surface area contributed by atoms with Gasteiger partial charge in [0.15, 0.2) is 0 Å². The highest BCUT2D eigenvalue weighted by Gasteiger charge is 2.20. The highest BCUT2D eigenvalue weighted by molar-refractivity contribution is 5.98. The van der Waals surface area contributed by atoms with E-state index in [1.54, 1.807) is 19.1 Å². The van der Waals surface area contributed by atoms with Gasteiger partial charge in [-0.25, -0.2) is 0 Å². The molecule has 0 aliphatic carbocycles. The van der Waals surface area contributed by atoms with Crippen molar-refractivity contribution in [1.29, 1.82) is 0 Å². The minimum Gasteiger partial charge on any atom is -0.496 e. The van der Waals surface area contributed by atoms with Gasteiger partial charge in [0, 0.05) is 13.6 Å². The Kier molecular flexibility index (Phi) is 5.36. The van der Waals surface area contributed by atoms with E-state index in [-0.39, 0.29) is 11.8 Å². The zero-order valence-electron chi connectivity index (χ0n) is 12.5. The molecule has 0 bridgehead atoms. The third kappa shape index (κ3) is 3.70. The van der Waals surface area contributed by atoms with Crippen LogP contribution in [0.4, 0.5) is 0 Å². The lowest BCUT2D eigenvalue weighted by Crippen LogP contribution is -2.34. The van der Waals surface area contributed by atoms with Gasteiger partial charge in [0.25, 0.3) is 5.91 Å². The summed E-state index contributed by atoms with van der Waals surface area (Å²) in [5.41, 5.74) is 8.27. The number of methoxy groups -OCH3 is 1. The normalized spacial score (nSPS) is 12.1. The number of ether oxygens (including phenoxy) is 1. The molecule has 1 atom stereocenters. The maximum Gasteiger partial charge on any atom is 0.257 e. The van der Waals surface area contributed by atoms with Crippen molar-refractivity contribution in [3.8, 4) is 5.75 Å². The highest BCUT2D eigenvalue weighted by atomic mass is 16.5. The smallest absolute Gasteiger partial charge is 0.257 e. The molecule has 0 aliphatic heterocycles. The van der Waals surface area contributed by atoms with Gasteiger partial charge >= 0.3 is 0 Å².